The lowest BCUT2D eigenvalue weighted by Gasteiger charge is -2.33. The van der Waals surface area contributed by atoms with Gasteiger partial charge in [-0.3, -0.25) is 0 Å². The molecule has 2 N–H and O–H groups in total. The summed E-state index contributed by atoms with van der Waals surface area (Å²) in [5, 5.41) is 14.3. The first kappa shape index (κ1) is 17.3. The molecule has 4 rings (SSSR count). The van der Waals surface area contributed by atoms with Crippen LogP contribution in [0.15, 0.2) is 24.5 Å². The molecule has 26 heavy (non-hydrogen) atoms. The smallest absolute Gasteiger partial charge is 0.142 e. The van der Waals surface area contributed by atoms with Crippen molar-refractivity contribution in [2.75, 3.05) is 5.32 Å². The third-order valence-corrected chi connectivity index (χ3v) is 6.70. The molecule has 1 aliphatic carbocycles. The minimum Gasteiger partial charge on any atom is -0.508 e. The number of thiophene rings is 1. The molecule has 0 spiro atoms. The zero-order chi connectivity index (χ0) is 18.5. The maximum absolute atomic E-state index is 9.64. The summed E-state index contributed by atoms with van der Waals surface area (Å²) in [6.45, 7) is 9.01. The second-order valence-corrected chi connectivity index (χ2v) is 9.42. The van der Waals surface area contributed by atoms with Gasteiger partial charge in [0.2, 0.25) is 0 Å². The van der Waals surface area contributed by atoms with Crippen LogP contribution in [0.25, 0.3) is 10.2 Å². The SMILES string of the molecule is Cc1cc(O)ccc1Nc1ncnc2sc3c(c12)CCC(C(C)(C)C)C3. The molecule has 2 aromatic heterocycles. The van der Waals surface area contributed by atoms with Crippen molar-refractivity contribution in [3.63, 3.8) is 0 Å². The summed E-state index contributed by atoms with van der Waals surface area (Å²) in [4.78, 5) is 11.6. The Morgan fingerprint density at radius 2 is 2.04 bits per heavy atom. The Morgan fingerprint density at radius 1 is 1.23 bits per heavy atom. The number of hydrogen-bond donors (Lipinski definition) is 2. The van der Waals surface area contributed by atoms with Crippen molar-refractivity contribution in [3.8, 4) is 5.75 Å². The lowest BCUT2D eigenvalue weighted by molar-refractivity contribution is 0.218. The molecule has 1 aliphatic rings. The van der Waals surface area contributed by atoms with E-state index in [-0.39, 0.29) is 5.75 Å². The minimum atomic E-state index is 0.280. The first-order valence-electron chi connectivity index (χ1n) is 9.15. The van der Waals surface area contributed by atoms with Crippen LogP contribution in [-0.4, -0.2) is 15.1 Å². The highest BCUT2D eigenvalue weighted by molar-refractivity contribution is 7.19. The lowest BCUT2D eigenvalue weighted by atomic mass is 9.72. The van der Waals surface area contributed by atoms with Crippen LogP contribution in [0.2, 0.25) is 0 Å². The van der Waals surface area contributed by atoms with Crippen LogP contribution in [0.3, 0.4) is 0 Å². The van der Waals surface area contributed by atoms with E-state index in [1.165, 1.54) is 22.2 Å². The van der Waals surface area contributed by atoms with Crippen LogP contribution >= 0.6 is 11.3 Å². The first-order chi connectivity index (χ1) is 12.3. The fourth-order valence-corrected chi connectivity index (χ4v) is 5.13. The number of phenolic OH excluding ortho intramolecular Hbond substituents is 1. The quantitative estimate of drug-likeness (QED) is 0.579. The molecule has 0 saturated heterocycles. The van der Waals surface area contributed by atoms with Crippen LogP contribution in [-0.2, 0) is 12.8 Å². The van der Waals surface area contributed by atoms with Crippen LogP contribution in [0.1, 0.15) is 43.2 Å². The molecule has 0 aliphatic heterocycles. The second kappa shape index (κ2) is 6.23. The van der Waals surface area contributed by atoms with E-state index >= 15 is 0 Å². The van der Waals surface area contributed by atoms with Crippen LogP contribution < -0.4 is 5.32 Å². The number of aryl methyl sites for hydroxylation is 2. The third-order valence-electron chi connectivity index (χ3n) is 5.53. The Labute approximate surface area is 158 Å². The topological polar surface area (TPSA) is 58.0 Å². The van der Waals surface area contributed by atoms with Crippen molar-refractivity contribution in [1.82, 2.24) is 9.97 Å². The molecular weight excluding hydrogens is 342 g/mol. The molecule has 0 radical (unpaired) electrons. The van der Waals surface area contributed by atoms with Gasteiger partial charge in [0, 0.05) is 10.6 Å². The van der Waals surface area contributed by atoms with Gasteiger partial charge >= 0.3 is 0 Å². The van der Waals surface area contributed by atoms with E-state index in [1.54, 1.807) is 18.5 Å². The van der Waals surface area contributed by atoms with Gasteiger partial charge in [0.05, 0.1) is 5.39 Å². The number of aromatic nitrogens is 2. The summed E-state index contributed by atoms with van der Waals surface area (Å²) < 4.78 is 0. The van der Waals surface area contributed by atoms with Crippen molar-refractivity contribution >= 4 is 33.1 Å². The monoisotopic (exact) mass is 367 g/mol. The van der Waals surface area contributed by atoms with E-state index in [0.29, 0.717) is 11.3 Å². The number of phenols is 1. The van der Waals surface area contributed by atoms with Gasteiger partial charge in [-0.15, -0.1) is 11.3 Å². The molecule has 4 nitrogen and oxygen atoms in total. The van der Waals surface area contributed by atoms with Crippen molar-refractivity contribution in [2.45, 2.75) is 47.0 Å². The maximum Gasteiger partial charge on any atom is 0.142 e. The standard InChI is InChI=1S/C21H25N3OS/c1-12-9-14(25)6-8-16(12)24-19-18-15-7-5-13(21(2,3)4)10-17(15)26-20(18)23-11-22-19/h6,8-9,11,13,25H,5,7,10H2,1-4H3,(H,22,23,24). The zero-order valence-electron chi connectivity index (χ0n) is 15.8. The number of aromatic hydroxyl groups is 1. The van der Waals surface area contributed by atoms with E-state index in [0.717, 1.165) is 34.7 Å². The Balaban J connectivity index is 1.75. The predicted molar refractivity (Wildman–Crippen MR) is 109 cm³/mol. The van der Waals surface area contributed by atoms with Crippen LogP contribution in [0.5, 0.6) is 5.75 Å². The van der Waals surface area contributed by atoms with Gasteiger partial charge in [0.25, 0.3) is 0 Å². The second-order valence-electron chi connectivity index (χ2n) is 8.34. The molecule has 0 bridgehead atoms. The third kappa shape index (κ3) is 3.05. The number of benzene rings is 1. The minimum absolute atomic E-state index is 0.280. The molecule has 0 amide bonds. The normalized spacial score (nSPS) is 17.3. The number of hydrogen-bond acceptors (Lipinski definition) is 5. The Morgan fingerprint density at radius 3 is 2.77 bits per heavy atom. The van der Waals surface area contributed by atoms with E-state index in [4.69, 9.17) is 0 Å². The summed E-state index contributed by atoms with van der Waals surface area (Å²) in [5.41, 5.74) is 3.72. The van der Waals surface area contributed by atoms with Crippen molar-refractivity contribution in [2.24, 2.45) is 11.3 Å². The van der Waals surface area contributed by atoms with Gasteiger partial charge in [-0.05, 0) is 66.8 Å². The highest BCUT2D eigenvalue weighted by Crippen LogP contribution is 2.44. The Hall–Kier alpha value is -2.14. The molecule has 136 valence electrons. The average molecular weight is 368 g/mol. The molecule has 5 heteroatoms. The number of nitrogens with zero attached hydrogens (tertiary/aromatic N) is 2. The summed E-state index contributed by atoms with van der Waals surface area (Å²) in [5.74, 6) is 1.87. The van der Waals surface area contributed by atoms with Gasteiger partial charge < -0.3 is 10.4 Å². The van der Waals surface area contributed by atoms with E-state index < -0.39 is 0 Å². The van der Waals surface area contributed by atoms with Crippen LogP contribution in [0, 0.1) is 18.3 Å². The molecule has 1 atom stereocenters. The Bertz CT molecular complexity index is 971. The molecule has 0 fully saturated rings. The number of nitrogens with one attached hydrogen (secondary N) is 1. The Kier molecular flexibility index (Phi) is 4.14. The van der Waals surface area contributed by atoms with E-state index in [1.807, 2.05) is 24.3 Å². The predicted octanol–water partition coefficient (Wildman–Crippen LogP) is 5.60. The number of fused-ring (bicyclic) bond motifs is 3. The number of rotatable bonds is 2. The summed E-state index contributed by atoms with van der Waals surface area (Å²) in [7, 11) is 0. The van der Waals surface area contributed by atoms with Gasteiger partial charge in [0.15, 0.2) is 0 Å². The molecule has 1 aromatic carbocycles. The van der Waals surface area contributed by atoms with Gasteiger partial charge in [-0.1, -0.05) is 20.8 Å². The molecule has 2 heterocycles. The summed E-state index contributed by atoms with van der Waals surface area (Å²) >= 11 is 1.82. The largest absolute Gasteiger partial charge is 0.508 e. The maximum atomic E-state index is 9.64. The van der Waals surface area contributed by atoms with E-state index in [2.05, 4.69) is 36.1 Å². The lowest BCUT2D eigenvalue weighted by Crippen LogP contribution is -2.26. The van der Waals surface area contributed by atoms with Crippen molar-refractivity contribution in [3.05, 3.63) is 40.5 Å². The van der Waals surface area contributed by atoms with Gasteiger partial charge in [-0.2, -0.15) is 0 Å². The molecular formula is C21H25N3OS. The van der Waals surface area contributed by atoms with E-state index in [9.17, 15) is 5.11 Å². The fourth-order valence-electron chi connectivity index (χ4n) is 3.86. The summed E-state index contributed by atoms with van der Waals surface area (Å²) in [6.07, 6.45) is 5.09. The van der Waals surface area contributed by atoms with Crippen molar-refractivity contribution in [1.29, 1.82) is 0 Å². The number of anilines is 2. The van der Waals surface area contributed by atoms with Crippen molar-refractivity contribution < 1.29 is 5.11 Å². The molecule has 1 unspecified atom stereocenters. The van der Waals surface area contributed by atoms with Gasteiger partial charge in [-0.25, -0.2) is 9.97 Å². The summed E-state index contributed by atoms with van der Waals surface area (Å²) in [6, 6.07) is 5.36. The molecule has 3 aromatic rings. The van der Waals surface area contributed by atoms with Gasteiger partial charge in [0.1, 0.15) is 22.7 Å². The fraction of sp³-hybridized carbons (Fsp3) is 0.429. The zero-order valence-corrected chi connectivity index (χ0v) is 16.6. The molecule has 0 saturated carbocycles. The highest BCUT2D eigenvalue weighted by atomic mass is 32.1. The first-order valence-corrected chi connectivity index (χ1v) is 9.96. The van der Waals surface area contributed by atoms with Crippen LogP contribution in [0.4, 0.5) is 11.5 Å². The average Bonchev–Trinajstić information content (AvgIpc) is 2.95. The highest BCUT2D eigenvalue weighted by Gasteiger charge is 2.31.